The minimum Gasteiger partial charge on any atom is -0.390 e. The maximum atomic E-state index is 11.3. The highest BCUT2D eigenvalue weighted by atomic mass is 79.9. The SMILES string of the molecule is CN1C[C@]2(C[C@@H]1c1ccc3cc(Br)c(N)nc3c1)C[C@@H](n1ccc3c(N)ncnc31)[C@H](O)[C@@H]2O. The van der Waals surface area contributed by atoms with Crippen molar-refractivity contribution in [2.24, 2.45) is 5.41 Å². The average molecular weight is 524 g/mol. The average Bonchev–Trinajstić information content (AvgIpc) is 3.45. The molecule has 4 aromatic rings. The second-order valence-corrected chi connectivity index (χ2v) is 10.6. The lowest BCUT2D eigenvalue weighted by Gasteiger charge is -2.27. The van der Waals surface area contributed by atoms with Crippen LogP contribution in [0, 0.1) is 5.41 Å². The minimum absolute atomic E-state index is 0.0936. The van der Waals surface area contributed by atoms with E-state index in [0.29, 0.717) is 30.2 Å². The van der Waals surface area contributed by atoms with Crippen LogP contribution in [-0.2, 0) is 0 Å². The summed E-state index contributed by atoms with van der Waals surface area (Å²) in [6, 6.07) is 9.87. The van der Waals surface area contributed by atoms with Crippen LogP contribution in [0.2, 0.25) is 0 Å². The molecule has 6 N–H and O–H groups in total. The van der Waals surface area contributed by atoms with Crippen LogP contribution < -0.4 is 11.5 Å². The molecule has 34 heavy (non-hydrogen) atoms. The van der Waals surface area contributed by atoms with Crippen LogP contribution in [0.3, 0.4) is 0 Å². The molecular formula is C24H26BrN7O2. The van der Waals surface area contributed by atoms with Gasteiger partial charge in [0.15, 0.2) is 0 Å². The van der Waals surface area contributed by atoms with Gasteiger partial charge in [0.1, 0.15) is 29.7 Å². The van der Waals surface area contributed by atoms with Crippen molar-refractivity contribution in [1.82, 2.24) is 24.4 Å². The maximum Gasteiger partial charge on any atom is 0.145 e. The first-order valence-electron chi connectivity index (χ1n) is 11.3. The van der Waals surface area contributed by atoms with Gasteiger partial charge in [0.05, 0.1) is 27.5 Å². The Morgan fingerprint density at radius 2 is 1.91 bits per heavy atom. The van der Waals surface area contributed by atoms with Gasteiger partial charge in [-0.25, -0.2) is 15.0 Å². The van der Waals surface area contributed by atoms with Crippen molar-refractivity contribution in [2.75, 3.05) is 25.1 Å². The van der Waals surface area contributed by atoms with Gasteiger partial charge < -0.3 is 26.2 Å². The topological polar surface area (TPSA) is 139 Å². The number of rotatable bonds is 2. The van der Waals surface area contributed by atoms with Crippen molar-refractivity contribution in [2.45, 2.75) is 37.1 Å². The number of likely N-dealkylation sites (tertiary alicyclic amines) is 1. The second kappa shape index (κ2) is 7.61. The van der Waals surface area contributed by atoms with E-state index in [0.717, 1.165) is 32.7 Å². The van der Waals surface area contributed by atoms with E-state index in [1.54, 1.807) is 0 Å². The molecule has 4 heterocycles. The van der Waals surface area contributed by atoms with Gasteiger partial charge in [-0.1, -0.05) is 12.1 Å². The van der Waals surface area contributed by atoms with E-state index in [9.17, 15) is 10.2 Å². The predicted molar refractivity (Wildman–Crippen MR) is 134 cm³/mol. The first-order chi connectivity index (χ1) is 16.3. The number of nitrogen functional groups attached to an aromatic ring is 2. The summed E-state index contributed by atoms with van der Waals surface area (Å²) in [4.78, 5) is 15.2. The van der Waals surface area contributed by atoms with Crippen molar-refractivity contribution >= 4 is 49.5 Å². The zero-order valence-corrected chi connectivity index (χ0v) is 20.2. The fourth-order valence-electron chi connectivity index (χ4n) is 6.08. The Kier molecular flexibility index (Phi) is 4.86. The maximum absolute atomic E-state index is 11.3. The molecule has 1 aliphatic carbocycles. The highest BCUT2D eigenvalue weighted by Gasteiger charge is 2.58. The van der Waals surface area contributed by atoms with E-state index >= 15 is 0 Å². The minimum atomic E-state index is -0.908. The Morgan fingerprint density at radius 1 is 1.09 bits per heavy atom. The summed E-state index contributed by atoms with van der Waals surface area (Å²) in [6.45, 7) is 0.677. The first-order valence-corrected chi connectivity index (χ1v) is 12.1. The van der Waals surface area contributed by atoms with Gasteiger partial charge in [-0.15, -0.1) is 0 Å². The van der Waals surface area contributed by atoms with E-state index in [4.69, 9.17) is 11.5 Å². The number of hydrogen-bond acceptors (Lipinski definition) is 8. The van der Waals surface area contributed by atoms with Crippen LogP contribution in [0.4, 0.5) is 11.6 Å². The van der Waals surface area contributed by atoms with Gasteiger partial charge in [0.2, 0.25) is 0 Å². The predicted octanol–water partition coefficient (Wildman–Crippen LogP) is 2.64. The van der Waals surface area contributed by atoms with Crippen molar-refractivity contribution in [1.29, 1.82) is 0 Å². The zero-order valence-electron chi connectivity index (χ0n) is 18.6. The van der Waals surface area contributed by atoms with Crippen LogP contribution in [0.15, 0.2) is 47.3 Å². The molecule has 9 nitrogen and oxygen atoms in total. The molecule has 0 radical (unpaired) electrons. The summed E-state index contributed by atoms with van der Waals surface area (Å²) < 4.78 is 2.72. The van der Waals surface area contributed by atoms with Gasteiger partial charge in [-0.3, -0.25) is 4.90 Å². The molecule has 3 aromatic heterocycles. The molecule has 5 atom stereocenters. The summed E-state index contributed by atoms with van der Waals surface area (Å²) >= 11 is 3.44. The van der Waals surface area contributed by atoms with Crippen LogP contribution in [0.25, 0.3) is 21.9 Å². The Hall–Kier alpha value is -2.79. The van der Waals surface area contributed by atoms with Gasteiger partial charge >= 0.3 is 0 Å². The quantitative estimate of drug-likeness (QED) is 0.314. The summed E-state index contributed by atoms with van der Waals surface area (Å²) in [5.41, 5.74) is 14.2. The number of aliphatic hydroxyl groups excluding tert-OH is 2. The van der Waals surface area contributed by atoms with Gasteiger partial charge in [0, 0.05) is 29.6 Å². The Labute approximate surface area is 204 Å². The smallest absolute Gasteiger partial charge is 0.145 e. The molecule has 176 valence electrons. The monoisotopic (exact) mass is 523 g/mol. The van der Waals surface area contributed by atoms with Crippen molar-refractivity contribution < 1.29 is 10.2 Å². The third kappa shape index (κ3) is 3.13. The fourth-order valence-corrected chi connectivity index (χ4v) is 6.41. The molecule has 1 aromatic carbocycles. The molecule has 10 heteroatoms. The lowest BCUT2D eigenvalue weighted by Crippen LogP contribution is -2.38. The summed E-state index contributed by atoms with van der Waals surface area (Å²) in [7, 11) is 2.07. The summed E-state index contributed by atoms with van der Waals surface area (Å²) in [5, 5.41) is 24.2. The largest absolute Gasteiger partial charge is 0.390 e. The second-order valence-electron chi connectivity index (χ2n) is 9.73. The van der Waals surface area contributed by atoms with Crippen LogP contribution in [0.1, 0.15) is 30.5 Å². The molecule has 2 aliphatic rings. The molecule has 1 spiro atoms. The van der Waals surface area contributed by atoms with E-state index in [1.807, 2.05) is 22.9 Å². The van der Waals surface area contributed by atoms with Gasteiger partial charge in [-0.2, -0.15) is 0 Å². The normalized spacial score (nSPS) is 29.6. The molecule has 1 saturated carbocycles. The zero-order chi connectivity index (χ0) is 23.8. The molecule has 0 amide bonds. The van der Waals surface area contributed by atoms with Crippen LogP contribution in [-0.4, -0.2) is 60.4 Å². The van der Waals surface area contributed by atoms with E-state index in [-0.39, 0.29) is 12.1 Å². The molecule has 1 aliphatic heterocycles. The van der Waals surface area contributed by atoms with Crippen molar-refractivity contribution in [3.8, 4) is 0 Å². The Balaban J connectivity index is 1.33. The van der Waals surface area contributed by atoms with Crippen molar-refractivity contribution in [3.63, 3.8) is 0 Å². The number of aromatic nitrogens is 4. The number of benzene rings is 1. The van der Waals surface area contributed by atoms with E-state index in [1.165, 1.54) is 6.33 Å². The standard InChI is InChI=1S/C24H26BrN7O2/c1-31-10-24(8-17(31)13-3-2-12-6-15(25)22(27)30-16(12)7-13)9-18(19(33)20(24)34)32-5-4-14-21(26)28-11-29-23(14)32/h2-7,11,17-20,33-34H,8-10H2,1H3,(H2,27,30)(H2,26,28,29)/t17-,18-,19+,20+,24+/m1/s1. The van der Waals surface area contributed by atoms with Gasteiger partial charge in [0.25, 0.3) is 0 Å². The van der Waals surface area contributed by atoms with Gasteiger partial charge in [-0.05, 0) is 59.6 Å². The number of fused-ring (bicyclic) bond motifs is 2. The third-order valence-corrected chi connectivity index (χ3v) is 8.40. The molecule has 1 saturated heterocycles. The number of aliphatic hydroxyl groups is 2. The molecular weight excluding hydrogens is 498 g/mol. The lowest BCUT2D eigenvalue weighted by molar-refractivity contribution is -0.0238. The molecule has 2 fully saturated rings. The number of halogens is 1. The third-order valence-electron chi connectivity index (χ3n) is 7.76. The Morgan fingerprint density at radius 3 is 2.74 bits per heavy atom. The lowest BCUT2D eigenvalue weighted by atomic mass is 9.80. The number of hydrogen-bond donors (Lipinski definition) is 4. The van der Waals surface area contributed by atoms with Crippen LogP contribution >= 0.6 is 15.9 Å². The molecule has 0 bridgehead atoms. The van der Waals surface area contributed by atoms with Crippen molar-refractivity contribution in [3.05, 3.63) is 52.9 Å². The highest BCUT2D eigenvalue weighted by molar-refractivity contribution is 9.10. The summed E-state index contributed by atoms with van der Waals surface area (Å²) in [6.07, 6.45) is 2.91. The highest BCUT2D eigenvalue weighted by Crippen LogP contribution is 2.55. The summed E-state index contributed by atoms with van der Waals surface area (Å²) in [5.74, 6) is 0.867. The van der Waals surface area contributed by atoms with E-state index in [2.05, 4.69) is 61.0 Å². The fraction of sp³-hybridized carbons (Fsp3) is 0.375. The van der Waals surface area contributed by atoms with Crippen LogP contribution in [0.5, 0.6) is 0 Å². The molecule has 6 rings (SSSR count). The number of nitrogens with zero attached hydrogens (tertiary/aromatic N) is 5. The number of nitrogens with two attached hydrogens (primary N) is 2. The first kappa shape index (κ1) is 21.7. The number of anilines is 2. The number of pyridine rings is 1. The Bertz CT molecular complexity index is 1430. The molecule has 0 unspecified atom stereocenters. The van der Waals surface area contributed by atoms with E-state index < -0.39 is 17.6 Å².